The van der Waals surface area contributed by atoms with Crippen molar-refractivity contribution in [1.29, 1.82) is 0 Å². The molecule has 3 aromatic rings. The normalized spacial score (nSPS) is 12.0. The maximum Gasteiger partial charge on any atom is 0.266 e. The summed E-state index contributed by atoms with van der Waals surface area (Å²) >= 11 is 2.98. The van der Waals surface area contributed by atoms with Crippen LogP contribution in [-0.4, -0.2) is 21.7 Å². The number of nitrogens with zero attached hydrogens (tertiary/aromatic N) is 2. The Kier molecular flexibility index (Phi) is 5.22. The lowest BCUT2D eigenvalue weighted by Crippen LogP contribution is -2.40. The molecule has 0 unspecified atom stereocenters. The number of hydrogen-bond donors (Lipinski definition) is 1. The van der Waals surface area contributed by atoms with Crippen LogP contribution in [0, 0.1) is 0 Å². The van der Waals surface area contributed by atoms with Gasteiger partial charge >= 0.3 is 0 Å². The third kappa shape index (κ3) is 3.80. The summed E-state index contributed by atoms with van der Waals surface area (Å²) in [6, 6.07) is 10.7. The SMILES string of the molecule is CC[C@H](Cn1nc(-c2cccs2)ccc1=O)NC(=O)c1cccs1. The van der Waals surface area contributed by atoms with Crippen LogP contribution in [0.5, 0.6) is 0 Å². The van der Waals surface area contributed by atoms with Gasteiger partial charge in [-0.3, -0.25) is 9.59 Å². The van der Waals surface area contributed by atoms with Crippen molar-refractivity contribution in [2.75, 3.05) is 0 Å². The number of carbonyl (C=O) groups is 1. The summed E-state index contributed by atoms with van der Waals surface area (Å²) in [5, 5.41) is 11.3. The van der Waals surface area contributed by atoms with Crippen molar-refractivity contribution in [1.82, 2.24) is 15.1 Å². The average Bonchev–Trinajstić information content (AvgIpc) is 3.29. The van der Waals surface area contributed by atoms with Crippen molar-refractivity contribution in [3.8, 4) is 10.6 Å². The van der Waals surface area contributed by atoms with Crippen LogP contribution in [-0.2, 0) is 6.54 Å². The first-order valence-electron chi connectivity index (χ1n) is 7.63. The van der Waals surface area contributed by atoms with E-state index < -0.39 is 0 Å². The lowest BCUT2D eigenvalue weighted by atomic mass is 10.2. The van der Waals surface area contributed by atoms with Crippen LogP contribution in [0.4, 0.5) is 0 Å². The third-order valence-electron chi connectivity index (χ3n) is 3.61. The minimum Gasteiger partial charge on any atom is -0.347 e. The highest BCUT2D eigenvalue weighted by Crippen LogP contribution is 2.21. The molecule has 1 N–H and O–H groups in total. The highest BCUT2D eigenvalue weighted by atomic mass is 32.1. The van der Waals surface area contributed by atoms with E-state index in [-0.39, 0.29) is 17.5 Å². The fraction of sp³-hybridized carbons (Fsp3) is 0.235. The second-order valence-corrected chi connectivity index (χ2v) is 7.17. The lowest BCUT2D eigenvalue weighted by Gasteiger charge is -2.17. The molecule has 3 aromatic heterocycles. The molecule has 3 rings (SSSR count). The number of rotatable bonds is 6. The zero-order chi connectivity index (χ0) is 16.9. The molecule has 0 spiro atoms. The molecular formula is C17H17N3O2S2. The van der Waals surface area contributed by atoms with Crippen LogP contribution in [0.15, 0.2) is 52.0 Å². The smallest absolute Gasteiger partial charge is 0.266 e. The number of hydrogen-bond acceptors (Lipinski definition) is 5. The van der Waals surface area contributed by atoms with Crippen LogP contribution in [0.2, 0.25) is 0 Å². The lowest BCUT2D eigenvalue weighted by molar-refractivity contribution is 0.0935. The summed E-state index contributed by atoms with van der Waals surface area (Å²) in [7, 11) is 0. The largest absolute Gasteiger partial charge is 0.347 e. The van der Waals surface area contributed by atoms with Gasteiger partial charge in [0.25, 0.3) is 11.5 Å². The summed E-state index contributed by atoms with van der Waals surface area (Å²) in [6.07, 6.45) is 0.717. The van der Waals surface area contributed by atoms with Gasteiger partial charge in [-0.15, -0.1) is 22.7 Å². The molecule has 0 saturated carbocycles. The molecule has 0 fully saturated rings. The van der Waals surface area contributed by atoms with E-state index in [0.717, 1.165) is 10.6 Å². The number of nitrogens with one attached hydrogen (secondary N) is 1. The van der Waals surface area contributed by atoms with E-state index in [4.69, 9.17) is 0 Å². The van der Waals surface area contributed by atoms with Gasteiger partial charge in [0.05, 0.1) is 16.3 Å². The van der Waals surface area contributed by atoms with E-state index in [1.165, 1.54) is 22.1 Å². The standard InChI is InChI=1S/C17H17N3O2S2/c1-2-12(18-17(22)15-6-4-10-24-15)11-20-16(21)8-7-13(19-20)14-5-3-9-23-14/h3-10,12H,2,11H2,1H3,(H,18,22)/t12-/m1/s1. The fourth-order valence-electron chi connectivity index (χ4n) is 2.29. The van der Waals surface area contributed by atoms with Gasteiger partial charge in [-0.1, -0.05) is 19.1 Å². The summed E-state index contributed by atoms with van der Waals surface area (Å²) in [4.78, 5) is 26.0. The topological polar surface area (TPSA) is 64.0 Å². The van der Waals surface area contributed by atoms with Crippen LogP contribution >= 0.6 is 22.7 Å². The molecule has 0 radical (unpaired) electrons. The van der Waals surface area contributed by atoms with Crippen LogP contribution in [0.25, 0.3) is 10.6 Å². The second kappa shape index (κ2) is 7.55. The van der Waals surface area contributed by atoms with Gasteiger partial charge < -0.3 is 5.32 Å². The Morgan fingerprint density at radius 3 is 2.67 bits per heavy atom. The summed E-state index contributed by atoms with van der Waals surface area (Å²) in [6.45, 7) is 2.33. The van der Waals surface area contributed by atoms with E-state index >= 15 is 0 Å². The Hall–Kier alpha value is -2.25. The fourth-order valence-corrected chi connectivity index (χ4v) is 3.60. The van der Waals surface area contributed by atoms with Crippen molar-refractivity contribution < 1.29 is 4.79 Å². The predicted molar refractivity (Wildman–Crippen MR) is 97.7 cm³/mol. The number of carbonyl (C=O) groups excluding carboxylic acids is 1. The highest BCUT2D eigenvalue weighted by molar-refractivity contribution is 7.13. The van der Waals surface area contributed by atoms with Gasteiger partial charge in [-0.05, 0) is 35.4 Å². The zero-order valence-electron chi connectivity index (χ0n) is 13.1. The van der Waals surface area contributed by atoms with E-state index in [1.807, 2.05) is 35.9 Å². The molecule has 3 heterocycles. The Morgan fingerprint density at radius 2 is 2.00 bits per heavy atom. The summed E-state index contributed by atoms with van der Waals surface area (Å²) < 4.78 is 1.43. The quantitative estimate of drug-likeness (QED) is 0.735. The molecule has 0 aliphatic heterocycles. The molecule has 0 saturated heterocycles. The van der Waals surface area contributed by atoms with E-state index in [1.54, 1.807) is 23.5 Å². The zero-order valence-corrected chi connectivity index (χ0v) is 14.8. The Morgan fingerprint density at radius 1 is 1.21 bits per heavy atom. The highest BCUT2D eigenvalue weighted by Gasteiger charge is 2.15. The van der Waals surface area contributed by atoms with Gasteiger partial charge in [-0.2, -0.15) is 5.10 Å². The minimum atomic E-state index is -0.167. The molecule has 124 valence electrons. The maximum absolute atomic E-state index is 12.2. The van der Waals surface area contributed by atoms with Crippen molar-refractivity contribution in [3.63, 3.8) is 0 Å². The Balaban J connectivity index is 1.77. The van der Waals surface area contributed by atoms with E-state index in [9.17, 15) is 9.59 Å². The molecule has 0 aliphatic carbocycles. The molecule has 24 heavy (non-hydrogen) atoms. The van der Waals surface area contributed by atoms with Crippen molar-refractivity contribution in [3.05, 3.63) is 62.4 Å². The first-order valence-corrected chi connectivity index (χ1v) is 9.39. The van der Waals surface area contributed by atoms with Crippen molar-refractivity contribution >= 4 is 28.6 Å². The first kappa shape index (κ1) is 16.6. The molecule has 7 heteroatoms. The summed E-state index contributed by atoms with van der Waals surface area (Å²) in [5.41, 5.74) is 0.600. The number of thiophene rings is 2. The molecular weight excluding hydrogens is 342 g/mol. The molecule has 0 aromatic carbocycles. The monoisotopic (exact) mass is 359 g/mol. The summed E-state index contributed by atoms with van der Waals surface area (Å²) in [5.74, 6) is -0.112. The van der Waals surface area contributed by atoms with Gasteiger partial charge in [0.2, 0.25) is 0 Å². The predicted octanol–water partition coefficient (Wildman–Crippen LogP) is 3.24. The van der Waals surface area contributed by atoms with Crippen LogP contribution in [0.3, 0.4) is 0 Å². The van der Waals surface area contributed by atoms with Gasteiger partial charge in [0, 0.05) is 12.1 Å². The Labute approximate surface area is 147 Å². The van der Waals surface area contributed by atoms with Gasteiger partial charge in [0.15, 0.2) is 0 Å². The van der Waals surface area contributed by atoms with E-state index in [0.29, 0.717) is 17.8 Å². The molecule has 0 aliphatic rings. The van der Waals surface area contributed by atoms with Gasteiger partial charge in [-0.25, -0.2) is 4.68 Å². The second-order valence-electron chi connectivity index (χ2n) is 5.27. The first-order chi connectivity index (χ1) is 11.7. The number of amides is 1. The van der Waals surface area contributed by atoms with Crippen molar-refractivity contribution in [2.24, 2.45) is 0 Å². The number of aromatic nitrogens is 2. The minimum absolute atomic E-state index is 0.112. The van der Waals surface area contributed by atoms with Crippen LogP contribution < -0.4 is 10.9 Å². The van der Waals surface area contributed by atoms with Crippen LogP contribution in [0.1, 0.15) is 23.0 Å². The third-order valence-corrected chi connectivity index (χ3v) is 5.37. The average molecular weight is 359 g/mol. The molecule has 0 bridgehead atoms. The van der Waals surface area contributed by atoms with E-state index in [2.05, 4.69) is 10.4 Å². The molecule has 5 nitrogen and oxygen atoms in total. The van der Waals surface area contributed by atoms with Crippen molar-refractivity contribution in [2.45, 2.75) is 25.9 Å². The Bertz CT molecular complexity index is 854. The molecule has 1 atom stereocenters. The molecule has 1 amide bonds. The maximum atomic E-state index is 12.2. The van der Waals surface area contributed by atoms with Gasteiger partial charge in [0.1, 0.15) is 5.69 Å².